The molecule has 0 saturated carbocycles. The molecular formula is C8H17NO3S. The maximum Gasteiger partial charge on any atom is 0.319 e. The molecule has 0 bridgehead atoms. The predicted molar refractivity (Wildman–Crippen MR) is 54.0 cm³/mol. The monoisotopic (exact) mass is 207 g/mol. The van der Waals surface area contributed by atoms with Crippen molar-refractivity contribution in [3.8, 4) is 0 Å². The van der Waals surface area contributed by atoms with Crippen molar-refractivity contribution in [1.29, 1.82) is 0 Å². The van der Waals surface area contributed by atoms with Gasteiger partial charge in [0.2, 0.25) is 0 Å². The first-order chi connectivity index (χ1) is 5.87. The zero-order valence-electron chi connectivity index (χ0n) is 8.24. The van der Waals surface area contributed by atoms with Gasteiger partial charge >= 0.3 is 5.97 Å². The molecule has 0 aliphatic rings. The Balaban J connectivity index is 3.90. The highest BCUT2D eigenvalue weighted by atomic mass is 32.2. The molecule has 0 fully saturated rings. The van der Waals surface area contributed by atoms with Crippen LogP contribution in [0.3, 0.4) is 0 Å². The standard InChI is InChI=1S/C8H17NO3S/c1-8(2,9)5-13-6(4-12-3)7(10)11/h6H,4-5,9H2,1-3H3,(H,10,11). The van der Waals surface area contributed by atoms with Crippen LogP contribution in [-0.4, -0.2) is 41.3 Å². The molecule has 0 aliphatic carbocycles. The van der Waals surface area contributed by atoms with E-state index in [1.54, 1.807) is 0 Å². The first-order valence-electron chi connectivity index (χ1n) is 3.99. The number of rotatable bonds is 6. The summed E-state index contributed by atoms with van der Waals surface area (Å²) in [6.07, 6.45) is 0. The minimum atomic E-state index is -0.851. The maximum atomic E-state index is 10.7. The van der Waals surface area contributed by atoms with Crippen molar-refractivity contribution in [3.05, 3.63) is 0 Å². The first kappa shape index (κ1) is 12.7. The third-order valence-electron chi connectivity index (χ3n) is 1.25. The van der Waals surface area contributed by atoms with E-state index in [0.29, 0.717) is 5.75 Å². The lowest BCUT2D eigenvalue weighted by Gasteiger charge is -2.20. The van der Waals surface area contributed by atoms with E-state index in [9.17, 15) is 4.79 Å². The Kier molecular flexibility index (Phi) is 5.36. The predicted octanol–water partition coefficient (Wildman–Crippen LogP) is 0.557. The number of hydrogen-bond donors (Lipinski definition) is 2. The quantitative estimate of drug-likeness (QED) is 0.665. The number of methoxy groups -OCH3 is 1. The highest BCUT2D eigenvalue weighted by Gasteiger charge is 2.21. The summed E-state index contributed by atoms with van der Waals surface area (Å²) in [7, 11) is 1.49. The molecule has 1 unspecified atom stereocenters. The molecule has 0 amide bonds. The lowest BCUT2D eigenvalue weighted by atomic mass is 10.1. The molecule has 0 saturated heterocycles. The van der Waals surface area contributed by atoms with Gasteiger partial charge < -0.3 is 15.6 Å². The van der Waals surface area contributed by atoms with E-state index in [2.05, 4.69) is 0 Å². The summed E-state index contributed by atoms with van der Waals surface area (Å²) in [6, 6.07) is 0. The minimum absolute atomic E-state index is 0.218. The van der Waals surface area contributed by atoms with Crippen LogP contribution in [0.15, 0.2) is 0 Å². The highest BCUT2D eigenvalue weighted by Crippen LogP contribution is 2.16. The van der Waals surface area contributed by atoms with E-state index in [-0.39, 0.29) is 12.1 Å². The van der Waals surface area contributed by atoms with Gasteiger partial charge in [-0.3, -0.25) is 4.79 Å². The largest absolute Gasteiger partial charge is 0.480 e. The number of thioether (sulfide) groups is 1. The number of carboxylic acid groups (broad SMARTS) is 1. The van der Waals surface area contributed by atoms with Gasteiger partial charge in [0.15, 0.2) is 0 Å². The Hall–Kier alpha value is -0.260. The fraction of sp³-hybridized carbons (Fsp3) is 0.875. The maximum absolute atomic E-state index is 10.7. The molecule has 0 spiro atoms. The van der Waals surface area contributed by atoms with Crippen molar-refractivity contribution in [3.63, 3.8) is 0 Å². The van der Waals surface area contributed by atoms with Crippen LogP contribution in [0.4, 0.5) is 0 Å². The Bertz CT molecular complexity index is 167. The van der Waals surface area contributed by atoms with Gasteiger partial charge in [-0.2, -0.15) is 0 Å². The Morgan fingerprint density at radius 1 is 1.69 bits per heavy atom. The van der Waals surface area contributed by atoms with Crippen LogP contribution in [0.1, 0.15) is 13.8 Å². The van der Waals surface area contributed by atoms with Crippen LogP contribution in [0, 0.1) is 0 Å². The Morgan fingerprint density at radius 3 is 2.54 bits per heavy atom. The van der Waals surface area contributed by atoms with Crippen molar-refractivity contribution in [2.45, 2.75) is 24.6 Å². The van der Waals surface area contributed by atoms with Gasteiger partial charge in [-0.15, -0.1) is 11.8 Å². The molecule has 3 N–H and O–H groups in total. The zero-order valence-corrected chi connectivity index (χ0v) is 9.06. The molecule has 4 nitrogen and oxygen atoms in total. The molecule has 0 aliphatic heterocycles. The van der Waals surface area contributed by atoms with Crippen molar-refractivity contribution in [2.24, 2.45) is 5.73 Å². The van der Waals surface area contributed by atoms with E-state index >= 15 is 0 Å². The molecule has 0 radical (unpaired) electrons. The zero-order chi connectivity index (χ0) is 10.5. The minimum Gasteiger partial charge on any atom is -0.480 e. The van der Waals surface area contributed by atoms with Crippen LogP contribution < -0.4 is 5.73 Å². The molecule has 5 heteroatoms. The van der Waals surface area contributed by atoms with E-state index in [4.69, 9.17) is 15.6 Å². The second-order valence-corrected chi connectivity index (χ2v) is 4.77. The summed E-state index contributed by atoms with van der Waals surface area (Å²) < 4.78 is 4.79. The number of hydrogen-bond acceptors (Lipinski definition) is 4. The van der Waals surface area contributed by atoms with Crippen LogP contribution in [0.5, 0.6) is 0 Å². The number of carboxylic acids is 1. The summed E-state index contributed by atoms with van der Waals surface area (Å²) in [4.78, 5) is 10.7. The molecule has 0 aromatic rings. The van der Waals surface area contributed by atoms with Gasteiger partial charge in [0.1, 0.15) is 5.25 Å². The molecule has 0 heterocycles. The van der Waals surface area contributed by atoms with Crippen molar-refractivity contribution < 1.29 is 14.6 Å². The number of nitrogens with two attached hydrogens (primary N) is 1. The molecule has 0 aromatic carbocycles. The number of ether oxygens (including phenoxy) is 1. The van der Waals surface area contributed by atoms with Gasteiger partial charge in [-0.05, 0) is 13.8 Å². The third-order valence-corrected chi connectivity index (χ3v) is 2.90. The second kappa shape index (κ2) is 5.47. The molecule has 1 atom stereocenters. The van der Waals surface area contributed by atoms with E-state index < -0.39 is 11.2 Å². The van der Waals surface area contributed by atoms with Gasteiger partial charge in [0.05, 0.1) is 6.61 Å². The molecule has 0 rings (SSSR count). The topological polar surface area (TPSA) is 72.5 Å². The van der Waals surface area contributed by atoms with Crippen LogP contribution in [0.25, 0.3) is 0 Å². The normalized spacial score (nSPS) is 14.2. The van der Waals surface area contributed by atoms with Crippen molar-refractivity contribution >= 4 is 17.7 Å². The first-order valence-corrected chi connectivity index (χ1v) is 5.04. The summed E-state index contributed by atoms with van der Waals surface area (Å²) in [5.74, 6) is -0.246. The second-order valence-electron chi connectivity index (χ2n) is 3.58. The fourth-order valence-electron chi connectivity index (χ4n) is 0.657. The molecule has 13 heavy (non-hydrogen) atoms. The van der Waals surface area contributed by atoms with E-state index in [1.807, 2.05) is 13.8 Å². The van der Waals surface area contributed by atoms with Crippen molar-refractivity contribution in [2.75, 3.05) is 19.5 Å². The molecule has 78 valence electrons. The Morgan fingerprint density at radius 2 is 2.23 bits per heavy atom. The third kappa shape index (κ3) is 6.86. The lowest BCUT2D eigenvalue weighted by molar-refractivity contribution is -0.137. The smallest absolute Gasteiger partial charge is 0.319 e. The average molecular weight is 207 g/mol. The SMILES string of the molecule is COCC(SCC(C)(C)N)C(=O)O. The van der Waals surface area contributed by atoms with Gasteiger partial charge in [0, 0.05) is 18.4 Å². The van der Waals surface area contributed by atoms with Gasteiger partial charge in [-0.1, -0.05) is 0 Å². The molecule has 0 aromatic heterocycles. The molecular weight excluding hydrogens is 190 g/mol. The van der Waals surface area contributed by atoms with Gasteiger partial charge in [-0.25, -0.2) is 0 Å². The number of aliphatic carboxylic acids is 1. The van der Waals surface area contributed by atoms with E-state index in [0.717, 1.165) is 0 Å². The van der Waals surface area contributed by atoms with Crippen LogP contribution in [-0.2, 0) is 9.53 Å². The van der Waals surface area contributed by atoms with Crippen molar-refractivity contribution in [1.82, 2.24) is 0 Å². The fourth-order valence-corrected chi connectivity index (χ4v) is 1.66. The van der Waals surface area contributed by atoms with E-state index in [1.165, 1.54) is 18.9 Å². The van der Waals surface area contributed by atoms with Crippen LogP contribution in [0.2, 0.25) is 0 Å². The summed E-state index contributed by atoms with van der Waals surface area (Å²) in [5, 5.41) is 8.24. The van der Waals surface area contributed by atoms with Gasteiger partial charge in [0.25, 0.3) is 0 Å². The highest BCUT2D eigenvalue weighted by molar-refractivity contribution is 8.00. The summed E-state index contributed by atoms with van der Waals surface area (Å²) >= 11 is 1.31. The number of carbonyl (C=O) groups is 1. The van der Waals surface area contributed by atoms with Crippen LogP contribution >= 0.6 is 11.8 Å². The summed E-state index contributed by atoms with van der Waals surface area (Å²) in [6.45, 7) is 3.95. The summed E-state index contributed by atoms with van der Waals surface area (Å²) in [5.41, 5.74) is 5.38. The average Bonchev–Trinajstić information content (AvgIpc) is 1.95. The lowest BCUT2D eigenvalue weighted by Crippen LogP contribution is -2.37. The Labute approximate surface area is 82.8 Å².